The standard InChI is InChI=1S/C9H11FO3S/c1-3-12-9(11)8(10)14-7-4-5-13-6(7)2/h4-5,8H,3H2,1-2H3. The van der Waals surface area contributed by atoms with Crippen LogP contribution in [0.25, 0.3) is 0 Å². The van der Waals surface area contributed by atoms with Gasteiger partial charge in [0.25, 0.3) is 0 Å². The quantitative estimate of drug-likeness (QED) is 0.575. The Morgan fingerprint density at radius 3 is 3.00 bits per heavy atom. The number of furan rings is 1. The van der Waals surface area contributed by atoms with E-state index in [1.54, 1.807) is 19.9 Å². The Kier molecular flexibility index (Phi) is 4.00. The summed E-state index contributed by atoms with van der Waals surface area (Å²) in [5.74, 6) is -0.250. The molecule has 0 aliphatic carbocycles. The first kappa shape index (κ1) is 11.1. The molecule has 0 aliphatic heterocycles. The Balaban J connectivity index is 2.52. The number of rotatable bonds is 4. The van der Waals surface area contributed by atoms with Crippen molar-refractivity contribution < 1.29 is 18.3 Å². The number of carbonyl (C=O) groups is 1. The van der Waals surface area contributed by atoms with Gasteiger partial charge < -0.3 is 9.15 Å². The molecule has 0 fully saturated rings. The molecule has 1 unspecified atom stereocenters. The minimum atomic E-state index is -1.69. The molecule has 1 aromatic rings. The number of ether oxygens (including phenoxy) is 1. The van der Waals surface area contributed by atoms with E-state index in [1.165, 1.54) is 6.26 Å². The lowest BCUT2D eigenvalue weighted by Crippen LogP contribution is -2.15. The fraction of sp³-hybridized carbons (Fsp3) is 0.444. The Morgan fingerprint density at radius 2 is 2.50 bits per heavy atom. The van der Waals surface area contributed by atoms with Gasteiger partial charge in [0, 0.05) is 0 Å². The number of hydrogen-bond acceptors (Lipinski definition) is 4. The first-order chi connectivity index (χ1) is 6.65. The van der Waals surface area contributed by atoms with Crippen LogP contribution in [0, 0.1) is 6.92 Å². The first-order valence-corrected chi connectivity index (χ1v) is 5.04. The smallest absolute Gasteiger partial charge is 0.351 e. The monoisotopic (exact) mass is 218 g/mol. The third-order valence-corrected chi connectivity index (χ3v) is 2.59. The molecule has 5 heteroatoms. The van der Waals surface area contributed by atoms with Crippen LogP contribution < -0.4 is 0 Å². The summed E-state index contributed by atoms with van der Waals surface area (Å²) in [6, 6.07) is 1.62. The van der Waals surface area contributed by atoms with Gasteiger partial charge in [-0.1, -0.05) is 11.8 Å². The zero-order valence-electron chi connectivity index (χ0n) is 7.95. The first-order valence-electron chi connectivity index (χ1n) is 4.16. The summed E-state index contributed by atoms with van der Waals surface area (Å²) in [5.41, 5.74) is -1.69. The second kappa shape index (κ2) is 5.05. The van der Waals surface area contributed by atoms with Crippen LogP contribution in [-0.2, 0) is 9.53 Å². The maximum absolute atomic E-state index is 13.2. The van der Waals surface area contributed by atoms with Gasteiger partial charge in [-0.3, -0.25) is 0 Å². The van der Waals surface area contributed by atoms with Gasteiger partial charge in [0.15, 0.2) is 0 Å². The van der Waals surface area contributed by atoms with Gasteiger partial charge in [-0.25, -0.2) is 9.18 Å². The highest BCUT2D eigenvalue weighted by Gasteiger charge is 2.21. The number of carbonyl (C=O) groups excluding carboxylic acids is 1. The van der Waals surface area contributed by atoms with Gasteiger partial charge in [-0.15, -0.1) is 0 Å². The minimum absolute atomic E-state index is 0.185. The number of aryl methyl sites for hydroxylation is 1. The van der Waals surface area contributed by atoms with E-state index in [1.807, 2.05) is 0 Å². The van der Waals surface area contributed by atoms with E-state index < -0.39 is 11.5 Å². The average molecular weight is 218 g/mol. The van der Waals surface area contributed by atoms with Gasteiger partial charge in [0.2, 0.25) is 5.50 Å². The number of halogens is 1. The zero-order valence-corrected chi connectivity index (χ0v) is 8.77. The molecule has 78 valence electrons. The van der Waals surface area contributed by atoms with Gasteiger partial charge in [0.1, 0.15) is 5.76 Å². The molecule has 0 radical (unpaired) electrons. The van der Waals surface area contributed by atoms with Crippen molar-refractivity contribution in [3.8, 4) is 0 Å². The topological polar surface area (TPSA) is 39.4 Å². The number of alkyl halides is 1. The summed E-state index contributed by atoms with van der Waals surface area (Å²) in [6.45, 7) is 3.53. The molecule has 1 heterocycles. The third-order valence-electron chi connectivity index (χ3n) is 1.51. The minimum Gasteiger partial charge on any atom is -0.468 e. The largest absolute Gasteiger partial charge is 0.468 e. The van der Waals surface area contributed by atoms with Crippen molar-refractivity contribution in [3.63, 3.8) is 0 Å². The lowest BCUT2D eigenvalue weighted by molar-refractivity contribution is -0.145. The van der Waals surface area contributed by atoms with Gasteiger partial charge in [-0.05, 0) is 19.9 Å². The highest BCUT2D eigenvalue weighted by atomic mass is 32.2. The second-order valence-electron chi connectivity index (χ2n) is 2.53. The van der Waals surface area contributed by atoms with Crippen molar-refractivity contribution in [3.05, 3.63) is 18.1 Å². The van der Waals surface area contributed by atoms with Crippen molar-refractivity contribution in [1.82, 2.24) is 0 Å². The summed E-state index contributed by atoms with van der Waals surface area (Å²) in [6.07, 6.45) is 1.45. The van der Waals surface area contributed by atoms with Crippen LogP contribution >= 0.6 is 11.8 Å². The van der Waals surface area contributed by atoms with Crippen LogP contribution in [0.1, 0.15) is 12.7 Å². The van der Waals surface area contributed by atoms with E-state index in [-0.39, 0.29) is 6.61 Å². The van der Waals surface area contributed by atoms with E-state index in [2.05, 4.69) is 4.74 Å². The number of esters is 1. The van der Waals surface area contributed by atoms with E-state index in [0.717, 1.165) is 11.8 Å². The number of hydrogen-bond donors (Lipinski definition) is 0. The van der Waals surface area contributed by atoms with Crippen molar-refractivity contribution >= 4 is 17.7 Å². The predicted octanol–water partition coefficient (Wildman–Crippen LogP) is 2.54. The summed E-state index contributed by atoms with van der Waals surface area (Å²) in [4.78, 5) is 11.5. The second-order valence-corrected chi connectivity index (χ2v) is 3.62. The lowest BCUT2D eigenvalue weighted by atomic mass is 10.5. The molecule has 0 amide bonds. The molecular formula is C9H11FO3S. The molecule has 0 spiro atoms. The average Bonchev–Trinajstić information content (AvgIpc) is 2.52. The molecule has 0 aromatic carbocycles. The Bertz CT molecular complexity index is 311. The molecule has 0 saturated carbocycles. The Labute approximate surface area is 85.6 Å². The maximum Gasteiger partial charge on any atom is 0.351 e. The highest BCUT2D eigenvalue weighted by molar-refractivity contribution is 8.00. The predicted molar refractivity (Wildman–Crippen MR) is 50.8 cm³/mol. The highest BCUT2D eigenvalue weighted by Crippen LogP contribution is 2.28. The van der Waals surface area contributed by atoms with E-state index in [9.17, 15) is 9.18 Å². The van der Waals surface area contributed by atoms with Crippen molar-refractivity contribution in [2.45, 2.75) is 24.2 Å². The van der Waals surface area contributed by atoms with Crippen LogP contribution in [0.2, 0.25) is 0 Å². The van der Waals surface area contributed by atoms with E-state index in [4.69, 9.17) is 4.42 Å². The molecule has 0 bridgehead atoms. The Morgan fingerprint density at radius 1 is 1.79 bits per heavy atom. The van der Waals surface area contributed by atoms with Crippen molar-refractivity contribution in [1.29, 1.82) is 0 Å². The molecule has 1 aromatic heterocycles. The van der Waals surface area contributed by atoms with Gasteiger partial charge in [0.05, 0.1) is 17.8 Å². The molecule has 0 N–H and O–H groups in total. The molecule has 0 saturated heterocycles. The summed E-state index contributed by atoms with van der Waals surface area (Å²) in [7, 11) is 0. The fourth-order valence-electron chi connectivity index (χ4n) is 0.863. The molecule has 1 rings (SSSR count). The lowest BCUT2D eigenvalue weighted by Gasteiger charge is -2.05. The molecule has 1 atom stereocenters. The summed E-state index contributed by atoms with van der Waals surface area (Å²) in [5, 5.41) is 0. The molecular weight excluding hydrogens is 207 g/mol. The molecule has 14 heavy (non-hydrogen) atoms. The van der Waals surface area contributed by atoms with Crippen LogP contribution in [0.4, 0.5) is 4.39 Å². The van der Waals surface area contributed by atoms with E-state index in [0.29, 0.717) is 10.7 Å². The fourth-order valence-corrected chi connectivity index (χ4v) is 1.60. The van der Waals surface area contributed by atoms with Crippen LogP contribution in [0.15, 0.2) is 21.6 Å². The zero-order chi connectivity index (χ0) is 10.6. The molecule has 0 aliphatic rings. The summed E-state index contributed by atoms with van der Waals surface area (Å²) < 4.78 is 22.7. The molecule has 3 nitrogen and oxygen atoms in total. The maximum atomic E-state index is 13.2. The van der Waals surface area contributed by atoms with Crippen molar-refractivity contribution in [2.75, 3.05) is 6.61 Å². The van der Waals surface area contributed by atoms with Crippen LogP contribution in [0.3, 0.4) is 0 Å². The van der Waals surface area contributed by atoms with Crippen LogP contribution in [-0.4, -0.2) is 18.1 Å². The van der Waals surface area contributed by atoms with E-state index >= 15 is 0 Å². The van der Waals surface area contributed by atoms with Gasteiger partial charge >= 0.3 is 5.97 Å². The SMILES string of the molecule is CCOC(=O)C(F)Sc1ccoc1C. The third kappa shape index (κ3) is 2.77. The Hall–Kier alpha value is -0.970. The van der Waals surface area contributed by atoms with Crippen molar-refractivity contribution in [2.24, 2.45) is 0 Å². The number of thioether (sulfide) groups is 1. The summed E-state index contributed by atoms with van der Waals surface area (Å²) >= 11 is 0.790. The van der Waals surface area contributed by atoms with Gasteiger partial charge in [-0.2, -0.15) is 0 Å². The van der Waals surface area contributed by atoms with Crippen LogP contribution in [0.5, 0.6) is 0 Å². The normalized spacial score (nSPS) is 12.5.